The van der Waals surface area contributed by atoms with E-state index in [0.29, 0.717) is 17.7 Å². The lowest BCUT2D eigenvalue weighted by Crippen LogP contribution is -2.20. The van der Waals surface area contributed by atoms with Gasteiger partial charge in [-0.2, -0.15) is 10.1 Å². The first-order valence-corrected chi connectivity index (χ1v) is 6.79. The van der Waals surface area contributed by atoms with Gasteiger partial charge in [0.2, 0.25) is 11.7 Å². The normalized spacial score (nSPS) is 23.7. The van der Waals surface area contributed by atoms with Crippen molar-refractivity contribution in [3.05, 3.63) is 18.3 Å². The smallest absolute Gasteiger partial charge is 0.230 e. The Balaban J connectivity index is 1.72. The van der Waals surface area contributed by atoms with E-state index in [9.17, 15) is 0 Å². The predicted molar refractivity (Wildman–Crippen MR) is 70.3 cm³/mol. The van der Waals surface area contributed by atoms with Crippen molar-refractivity contribution in [1.29, 1.82) is 0 Å². The lowest BCUT2D eigenvalue weighted by molar-refractivity contribution is 0.275. The summed E-state index contributed by atoms with van der Waals surface area (Å²) in [6.07, 6.45) is 8.14. The van der Waals surface area contributed by atoms with Crippen LogP contribution in [-0.2, 0) is 7.05 Å². The maximum absolute atomic E-state index is 5.71. The highest BCUT2D eigenvalue weighted by molar-refractivity contribution is 5.51. The maximum atomic E-state index is 5.71. The Morgan fingerprint density at radius 2 is 2.16 bits per heavy atom. The van der Waals surface area contributed by atoms with Crippen LogP contribution in [0.25, 0.3) is 11.4 Å². The molecule has 0 bridgehead atoms. The van der Waals surface area contributed by atoms with Crippen molar-refractivity contribution >= 4 is 0 Å². The summed E-state index contributed by atoms with van der Waals surface area (Å²) in [6.45, 7) is 0.789. The number of aryl methyl sites for hydroxylation is 1. The SMILES string of the molecule is Cn1cc(-c2noc(C3CCC(CN)CC3)n2)cn1. The first-order valence-electron chi connectivity index (χ1n) is 6.79. The molecule has 0 aliphatic heterocycles. The summed E-state index contributed by atoms with van der Waals surface area (Å²) in [7, 11) is 1.87. The number of nitrogens with zero attached hydrogens (tertiary/aromatic N) is 4. The van der Waals surface area contributed by atoms with Gasteiger partial charge in [0.05, 0.1) is 11.8 Å². The highest BCUT2D eigenvalue weighted by Crippen LogP contribution is 2.35. The standard InChI is InChI=1S/C13H19N5O/c1-18-8-11(7-15-18)12-16-13(19-17-12)10-4-2-9(6-14)3-5-10/h7-10H,2-6,14H2,1H3. The average Bonchev–Trinajstić information content (AvgIpc) is 3.07. The van der Waals surface area contributed by atoms with Gasteiger partial charge >= 0.3 is 0 Å². The molecule has 0 atom stereocenters. The summed E-state index contributed by atoms with van der Waals surface area (Å²) >= 11 is 0. The topological polar surface area (TPSA) is 82.8 Å². The maximum Gasteiger partial charge on any atom is 0.230 e. The van der Waals surface area contributed by atoms with E-state index in [1.807, 2.05) is 13.2 Å². The van der Waals surface area contributed by atoms with Gasteiger partial charge in [-0.3, -0.25) is 4.68 Å². The number of rotatable bonds is 3. The summed E-state index contributed by atoms with van der Waals surface area (Å²) in [4.78, 5) is 4.51. The van der Waals surface area contributed by atoms with Gasteiger partial charge in [-0.25, -0.2) is 0 Å². The van der Waals surface area contributed by atoms with Gasteiger partial charge in [-0.05, 0) is 38.1 Å². The van der Waals surface area contributed by atoms with Crippen molar-refractivity contribution in [3.63, 3.8) is 0 Å². The second-order valence-electron chi connectivity index (χ2n) is 5.31. The average molecular weight is 261 g/mol. The van der Waals surface area contributed by atoms with Crippen LogP contribution < -0.4 is 5.73 Å². The van der Waals surface area contributed by atoms with E-state index >= 15 is 0 Å². The van der Waals surface area contributed by atoms with Crippen molar-refractivity contribution in [2.24, 2.45) is 18.7 Å². The summed E-state index contributed by atoms with van der Waals surface area (Å²) in [5.41, 5.74) is 6.61. The molecule has 0 radical (unpaired) electrons. The molecule has 2 heterocycles. The molecule has 102 valence electrons. The molecule has 2 aromatic rings. The Morgan fingerprint density at radius 1 is 1.37 bits per heavy atom. The summed E-state index contributed by atoms with van der Waals surface area (Å²) in [5.74, 6) is 2.44. The zero-order chi connectivity index (χ0) is 13.2. The van der Waals surface area contributed by atoms with Crippen molar-refractivity contribution in [1.82, 2.24) is 19.9 Å². The zero-order valence-corrected chi connectivity index (χ0v) is 11.1. The molecular weight excluding hydrogens is 242 g/mol. The van der Waals surface area contributed by atoms with Crippen LogP contribution in [0.3, 0.4) is 0 Å². The van der Waals surface area contributed by atoms with Crippen LogP contribution in [-0.4, -0.2) is 26.5 Å². The number of hydrogen-bond donors (Lipinski definition) is 1. The Labute approximate surface area is 112 Å². The van der Waals surface area contributed by atoms with Crippen LogP contribution in [0.1, 0.15) is 37.5 Å². The minimum atomic E-state index is 0.390. The molecule has 6 nitrogen and oxygen atoms in total. The quantitative estimate of drug-likeness (QED) is 0.909. The summed E-state index contributed by atoms with van der Waals surface area (Å²) in [5, 5.41) is 8.17. The molecule has 1 saturated carbocycles. The molecular formula is C13H19N5O. The molecule has 1 fully saturated rings. The van der Waals surface area contributed by atoms with Crippen molar-refractivity contribution in [2.45, 2.75) is 31.6 Å². The Hall–Kier alpha value is -1.69. The molecule has 1 aliphatic carbocycles. The molecule has 19 heavy (non-hydrogen) atoms. The van der Waals surface area contributed by atoms with Crippen LogP contribution in [0.2, 0.25) is 0 Å². The predicted octanol–water partition coefficient (Wildman–Crippen LogP) is 1.70. The third-order valence-corrected chi connectivity index (χ3v) is 3.93. The third-order valence-electron chi connectivity index (χ3n) is 3.93. The lowest BCUT2D eigenvalue weighted by atomic mass is 9.82. The highest BCUT2D eigenvalue weighted by Gasteiger charge is 2.26. The molecule has 2 N–H and O–H groups in total. The Bertz CT molecular complexity index is 539. The van der Waals surface area contributed by atoms with Gasteiger partial charge in [0.1, 0.15) is 0 Å². The van der Waals surface area contributed by atoms with Gasteiger partial charge < -0.3 is 10.3 Å². The third kappa shape index (κ3) is 2.53. The van der Waals surface area contributed by atoms with E-state index in [1.54, 1.807) is 10.9 Å². The molecule has 0 unspecified atom stereocenters. The van der Waals surface area contributed by atoms with E-state index in [-0.39, 0.29) is 0 Å². The van der Waals surface area contributed by atoms with Gasteiger partial charge in [-0.1, -0.05) is 5.16 Å². The molecule has 6 heteroatoms. The monoisotopic (exact) mass is 261 g/mol. The molecule has 2 aromatic heterocycles. The fourth-order valence-electron chi connectivity index (χ4n) is 2.70. The van der Waals surface area contributed by atoms with Crippen LogP contribution in [0.5, 0.6) is 0 Å². The Kier molecular flexibility index (Phi) is 3.33. The summed E-state index contributed by atoms with van der Waals surface area (Å²) < 4.78 is 7.14. The number of nitrogens with two attached hydrogens (primary N) is 1. The number of hydrogen-bond acceptors (Lipinski definition) is 5. The van der Waals surface area contributed by atoms with E-state index < -0.39 is 0 Å². The first kappa shape index (κ1) is 12.3. The molecule has 0 aromatic carbocycles. The molecule has 3 rings (SSSR count). The second kappa shape index (κ2) is 5.13. The number of aromatic nitrogens is 4. The van der Waals surface area contributed by atoms with E-state index in [0.717, 1.165) is 43.7 Å². The lowest BCUT2D eigenvalue weighted by Gasteiger charge is -2.24. The molecule has 0 amide bonds. The van der Waals surface area contributed by atoms with E-state index in [1.165, 1.54) is 0 Å². The van der Waals surface area contributed by atoms with Crippen molar-refractivity contribution in [3.8, 4) is 11.4 Å². The van der Waals surface area contributed by atoms with Gasteiger partial charge in [-0.15, -0.1) is 0 Å². The van der Waals surface area contributed by atoms with Crippen LogP contribution in [0.4, 0.5) is 0 Å². The van der Waals surface area contributed by atoms with Crippen LogP contribution in [0, 0.1) is 5.92 Å². The fourth-order valence-corrected chi connectivity index (χ4v) is 2.70. The van der Waals surface area contributed by atoms with Crippen molar-refractivity contribution < 1.29 is 4.52 Å². The second-order valence-corrected chi connectivity index (χ2v) is 5.31. The summed E-state index contributed by atoms with van der Waals surface area (Å²) in [6, 6.07) is 0. The van der Waals surface area contributed by atoms with E-state index in [4.69, 9.17) is 10.3 Å². The molecule has 0 spiro atoms. The zero-order valence-electron chi connectivity index (χ0n) is 11.1. The van der Waals surface area contributed by atoms with Gasteiger partial charge in [0, 0.05) is 19.2 Å². The largest absolute Gasteiger partial charge is 0.339 e. The molecule has 0 saturated heterocycles. The first-order chi connectivity index (χ1) is 9.26. The fraction of sp³-hybridized carbons (Fsp3) is 0.615. The van der Waals surface area contributed by atoms with Crippen LogP contribution in [0.15, 0.2) is 16.9 Å². The minimum absolute atomic E-state index is 0.390. The van der Waals surface area contributed by atoms with E-state index in [2.05, 4.69) is 15.2 Å². The van der Waals surface area contributed by atoms with Gasteiger partial charge in [0.25, 0.3) is 0 Å². The van der Waals surface area contributed by atoms with Crippen molar-refractivity contribution in [2.75, 3.05) is 6.54 Å². The van der Waals surface area contributed by atoms with Crippen LogP contribution >= 0.6 is 0 Å². The minimum Gasteiger partial charge on any atom is -0.339 e. The highest BCUT2D eigenvalue weighted by atomic mass is 16.5. The van der Waals surface area contributed by atoms with Gasteiger partial charge in [0.15, 0.2) is 0 Å². The molecule has 1 aliphatic rings. The Morgan fingerprint density at radius 3 is 2.79 bits per heavy atom.